The number of methoxy groups -OCH3 is 1. The second-order valence-electron chi connectivity index (χ2n) is 9.62. The van der Waals surface area contributed by atoms with Gasteiger partial charge in [-0.05, 0) is 49.2 Å². The lowest BCUT2D eigenvalue weighted by Gasteiger charge is -2.30. The molecule has 7 nitrogen and oxygen atoms in total. The Balaban J connectivity index is 1.74. The van der Waals surface area contributed by atoms with Crippen molar-refractivity contribution in [3.05, 3.63) is 54.1 Å². The van der Waals surface area contributed by atoms with Gasteiger partial charge in [0, 0.05) is 12.2 Å². The number of nitrogens with zero attached hydrogens (tertiary/aromatic N) is 1. The molecule has 0 aromatic heterocycles. The molecule has 0 saturated carbocycles. The van der Waals surface area contributed by atoms with Gasteiger partial charge in [0.2, 0.25) is 5.91 Å². The van der Waals surface area contributed by atoms with Gasteiger partial charge in [-0.25, -0.2) is 0 Å². The lowest BCUT2D eigenvalue weighted by molar-refractivity contribution is -0.127. The summed E-state index contributed by atoms with van der Waals surface area (Å²) in [5.74, 6) is 0.107. The van der Waals surface area contributed by atoms with Crippen LogP contribution >= 0.6 is 0 Å². The summed E-state index contributed by atoms with van der Waals surface area (Å²) in [6.07, 6.45) is 1.20. The van der Waals surface area contributed by atoms with Crippen molar-refractivity contribution < 1.29 is 19.4 Å². The molecule has 1 aliphatic rings. The van der Waals surface area contributed by atoms with E-state index in [1.54, 1.807) is 31.4 Å². The van der Waals surface area contributed by atoms with Crippen LogP contribution in [0.25, 0.3) is 0 Å². The van der Waals surface area contributed by atoms with E-state index in [0.29, 0.717) is 23.5 Å². The van der Waals surface area contributed by atoms with Crippen molar-refractivity contribution in [2.24, 2.45) is 0 Å². The van der Waals surface area contributed by atoms with Crippen molar-refractivity contribution in [2.75, 3.05) is 32.1 Å². The highest BCUT2D eigenvalue weighted by Crippen LogP contribution is 2.20. The Kier molecular flexibility index (Phi) is 8.28. The summed E-state index contributed by atoms with van der Waals surface area (Å²) in [4.78, 5) is 27.9. The normalized spacial score (nSPS) is 17.8. The summed E-state index contributed by atoms with van der Waals surface area (Å²) >= 11 is 0. The molecule has 0 radical (unpaired) electrons. The number of carbonyl (C=O) groups is 2. The van der Waals surface area contributed by atoms with Crippen molar-refractivity contribution in [2.45, 2.75) is 44.6 Å². The maximum Gasteiger partial charge on any atom is 0.251 e. The Morgan fingerprint density at radius 1 is 1.12 bits per heavy atom. The molecular formula is C25H35N3O4Si. The first-order chi connectivity index (χ1) is 15.7. The van der Waals surface area contributed by atoms with E-state index in [-0.39, 0.29) is 18.4 Å². The fraction of sp³-hybridized carbons (Fsp3) is 0.440. The van der Waals surface area contributed by atoms with Gasteiger partial charge in [-0.15, -0.1) is 0 Å². The summed E-state index contributed by atoms with van der Waals surface area (Å²) in [5.41, 5.74) is 1.35. The zero-order valence-electron chi connectivity index (χ0n) is 19.9. The molecule has 2 aromatic rings. The summed E-state index contributed by atoms with van der Waals surface area (Å²) in [5, 5.41) is 17.0. The maximum atomic E-state index is 13.2. The number of ether oxygens (including phenoxy) is 1. The zero-order chi connectivity index (χ0) is 24.0. The topological polar surface area (TPSA) is 90.9 Å². The van der Waals surface area contributed by atoms with Crippen molar-refractivity contribution in [1.82, 2.24) is 10.2 Å². The molecule has 1 aliphatic heterocycles. The first kappa shape index (κ1) is 24.9. The molecule has 2 aromatic carbocycles. The zero-order valence-corrected chi connectivity index (χ0v) is 20.9. The Bertz CT molecular complexity index is 942. The molecule has 0 bridgehead atoms. The number of rotatable bonds is 8. The SMILES string of the molecule is COc1ccc(C(NC(=O)CN2CCCC(O)C2)C(=O)Nc2ccc([Si](C)(C)C)cc2)cc1. The van der Waals surface area contributed by atoms with Crippen molar-refractivity contribution in [1.29, 1.82) is 0 Å². The summed E-state index contributed by atoms with van der Waals surface area (Å²) in [6.45, 7) is 8.19. The number of anilines is 1. The Hall–Kier alpha value is -2.68. The maximum absolute atomic E-state index is 13.2. The summed E-state index contributed by atoms with van der Waals surface area (Å²) in [6, 6.07) is 14.2. The average Bonchev–Trinajstić information content (AvgIpc) is 2.77. The van der Waals surface area contributed by atoms with Crippen LogP contribution in [-0.2, 0) is 9.59 Å². The average molecular weight is 470 g/mol. The first-order valence-electron chi connectivity index (χ1n) is 11.4. The molecule has 2 unspecified atom stereocenters. The van der Waals surface area contributed by atoms with Crippen LogP contribution in [0.4, 0.5) is 5.69 Å². The van der Waals surface area contributed by atoms with Crippen molar-refractivity contribution in [3.63, 3.8) is 0 Å². The number of likely N-dealkylation sites (tertiary alicyclic amines) is 1. The number of hydrogen-bond acceptors (Lipinski definition) is 5. The van der Waals surface area contributed by atoms with E-state index in [1.165, 1.54) is 5.19 Å². The monoisotopic (exact) mass is 469 g/mol. The van der Waals surface area contributed by atoms with Crippen LogP contribution in [0, 0.1) is 0 Å². The van der Waals surface area contributed by atoms with Gasteiger partial charge in [0.05, 0.1) is 27.8 Å². The highest BCUT2D eigenvalue weighted by atomic mass is 28.3. The molecule has 33 heavy (non-hydrogen) atoms. The number of amides is 2. The van der Waals surface area contributed by atoms with E-state index >= 15 is 0 Å². The molecule has 0 spiro atoms. The van der Waals surface area contributed by atoms with E-state index in [0.717, 1.165) is 19.4 Å². The molecule has 0 aliphatic carbocycles. The number of aliphatic hydroxyl groups excluding tert-OH is 1. The molecule has 1 heterocycles. The predicted molar refractivity (Wildman–Crippen MR) is 134 cm³/mol. The number of piperidine rings is 1. The van der Waals surface area contributed by atoms with E-state index < -0.39 is 20.2 Å². The van der Waals surface area contributed by atoms with Gasteiger partial charge >= 0.3 is 0 Å². The van der Waals surface area contributed by atoms with Crippen LogP contribution in [0.5, 0.6) is 5.75 Å². The molecule has 3 N–H and O–H groups in total. The highest BCUT2D eigenvalue weighted by molar-refractivity contribution is 6.88. The number of hydrogen-bond donors (Lipinski definition) is 3. The molecule has 3 rings (SSSR count). The molecule has 2 amide bonds. The molecule has 8 heteroatoms. The summed E-state index contributed by atoms with van der Waals surface area (Å²) in [7, 11) is 0.149. The number of carbonyl (C=O) groups excluding carboxylic acids is 2. The Labute approximate surface area is 197 Å². The third-order valence-electron chi connectivity index (χ3n) is 5.88. The Morgan fingerprint density at radius 3 is 2.36 bits per heavy atom. The molecular weight excluding hydrogens is 434 g/mol. The van der Waals surface area contributed by atoms with E-state index in [4.69, 9.17) is 4.74 Å². The minimum atomic E-state index is -1.43. The fourth-order valence-electron chi connectivity index (χ4n) is 3.95. The van der Waals surface area contributed by atoms with E-state index in [2.05, 4.69) is 42.4 Å². The van der Waals surface area contributed by atoms with Gasteiger partial charge < -0.3 is 20.5 Å². The van der Waals surface area contributed by atoms with Crippen LogP contribution in [-0.4, -0.2) is 62.7 Å². The fourth-order valence-corrected chi connectivity index (χ4v) is 5.12. The number of nitrogens with one attached hydrogen (secondary N) is 2. The molecule has 2 atom stereocenters. The Morgan fingerprint density at radius 2 is 1.79 bits per heavy atom. The lowest BCUT2D eigenvalue weighted by Crippen LogP contribution is -2.46. The van der Waals surface area contributed by atoms with Gasteiger partial charge in [0.25, 0.3) is 5.91 Å². The van der Waals surface area contributed by atoms with Crippen LogP contribution < -0.4 is 20.6 Å². The first-order valence-corrected chi connectivity index (χ1v) is 14.9. The predicted octanol–water partition coefficient (Wildman–Crippen LogP) is 2.49. The summed E-state index contributed by atoms with van der Waals surface area (Å²) < 4.78 is 5.22. The van der Waals surface area contributed by atoms with Crippen molar-refractivity contribution in [3.8, 4) is 5.75 Å². The van der Waals surface area contributed by atoms with Crippen LogP contribution in [0.1, 0.15) is 24.4 Å². The molecule has 1 fully saturated rings. The highest BCUT2D eigenvalue weighted by Gasteiger charge is 2.26. The minimum Gasteiger partial charge on any atom is -0.497 e. The van der Waals surface area contributed by atoms with Gasteiger partial charge in [-0.1, -0.05) is 49.1 Å². The lowest BCUT2D eigenvalue weighted by atomic mass is 10.1. The van der Waals surface area contributed by atoms with E-state index in [1.807, 2.05) is 17.0 Å². The minimum absolute atomic E-state index is 0.141. The van der Waals surface area contributed by atoms with Crippen LogP contribution in [0.2, 0.25) is 19.6 Å². The molecule has 178 valence electrons. The standard InChI is InChI=1S/C25H35N3O4Si/c1-32-21-11-7-18(8-12-21)24(27-23(30)17-28-15-5-6-20(29)16-28)25(31)26-19-9-13-22(14-10-19)33(2,3)4/h7-14,20,24,29H,5-6,15-17H2,1-4H3,(H,26,31)(H,27,30). The number of β-amino-alcohol motifs (C(OH)–C–C–N with tert-alkyl or cyclic N) is 1. The smallest absolute Gasteiger partial charge is 0.251 e. The van der Waals surface area contributed by atoms with Gasteiger partial charge in [-0.2, -0.15) is 0 Å². The largest absolute Gasteiger partial charge is 0.497 e. The van der Waals surface area contributed by atoms with Crippen LogP contribution in [0.15, 0.2) is 48.5 Å². The molecule has 1 saturated heterocycles. The number of aliphatic hydroxyl groups is 1. The van der Waals surface area contributed by atoms with Gasteiger partial charge in [0.15, 0.2) is 0 Å². The third kappa shape index (κ3) is 7.15. The van der Waals surface area contributed by atoms with Crippen LogP contribution in [0.3, 0.4) is 0 Å². The number of benzene rings is 2. The van der Waals surface area contributed by atoms with Gasteiger partial charge in [-0.3, -0.25) is 14.5 Å². The van der Waals surface area contributed by atoms with Crippen molar-refractivity contribution >= 4 is 30.8 Å². The third-order valence-corrected chi connectivity index (χ3v) is 7.95. The van der Waals surface area contributed by atoms with Gasteiger partial charge in [0.1, 0.15) is 11.8 Å². The second kappa shape index (κ2) is 11.0. The van der Waals surface area contributed by atoms with E-state index in [9.17, 15) is 14.7 Å². The quantitative estimate of drug-likeness (QED) is 0.517. The second-order valence-corrected chi connectivity index (χ2v) is 14.7.